The Hall–Kier alpha value is -2.07. The predicted octanol–water partition coefficient (Wildman–Crippen LogP) is -0.0797. The Morgan fingerprint density at radius 1 is 1.33 bits per heavy atom. The predicted molar refractivity (Wildman–Crippen MR) is 78.1 cm³/mol. The van der Waals surface area contributed by atoms with E-state index in [1.165, 1.54) is 18.7 Å². The van der Waals surface area contributed by atoms with Crippen molar-refractivity contribution in [1.82, 2.24) is 9.13 Å². The summed E-state index contributed by atoms with van der Waals surface area (Å²) in [4.78, 5) is 23.9. The number of hydrogen-bond acceptors (Lipinski definition) is 5. The highest BCUT2D eigenvalue weighted by Gasteiger charge is 2.36. The van der Waals surface area contributed by atoms with Crippen molar-refractivity contribution in [1.29, 1.82) is 5.26 Å². The van der Waals surface area contributed by atoms with Gasteiger partial charge in [0.15, 0.2) is 5.56 Å². The van der Waals surface area contributed by atoms with Gasteiger partial charge in [-0.05, 0) is 24.7 Å². The monoisotopic (exact) mass is 292 g/mol. The molecule has 1 aromatic heterocycles. The number of aromatic nitrogens is 2. The lowest BCUT2D eigenvalue weighted by Crippen LogP contribution is -2.42. The smallest absolute Gasteiger partial charge is 0.332 e. The van der Waals surface area contributed by atoms with Crippen molar-refractivity contribution in [2.45, 2.75) is 25.7 Å². The van der Waals surface area contributed by atoms with E-state index in [9.17, 15) is 14.9 Å². The molecule has 0 atom stereocenters. The van der Waals surface area contributed by atoms with Crippen LogP contribution in [0.3, 0.4) is 0 Å². The van der Waals surface area contributed by atoms with E-state index in [4.69, 9.17) is 5.11 Å². The van der Waals surface area contributed by atoms with Crippen LogP contribution >= 0.6 is 0 Å². The van der Waals surface area contributed by atoms with Crippen LogP contribution in [0.5, 0.6) is 0 Å². The molecule has 0 saturated heterocycles. The minimum atomic E-state index is -0.590. The minimum absolute atomic E-state index is 0.00139. The quantitative estimate of drug-likeness (QED) is 0.790. The van der Waals surface area contributed by atoms with E-state index in [0.29, 0.717) is 13.0 Å². The molecule has 114 valence electrons. The van der Waals surface area contributed by atoms with Gasteiger partial charge in [-0.2, -0.15) is 5.26 Å². The molecule has 1 aliphatic rings. The van der Waals surface area contributed by atoms with Crippen LogP contribution < -0.4 is 16.6 Å². The first kappa shape index (κ1) is 15.3. The topological polar surface area (TPSA) is 100 Å². The zero-order valence-electron chi connectivity index (χ0n) is 12.3. The van der Waals surface area contributed by atoms with Gasteiger partial charge >= 0.3 is 5.69 Å². The van der Waals surface area contributed by atoms with E-state index >= 15 is 0 Å². The third-order valence-corrected chi connectivity index (χ3v) is 4.46. The molecule has 1 heterocycles. The lowest BCUT2D eigenvalue weighted by Gasteiger charge is -2.42. The summed E-state index contributed by atoms with van der Waals surface area (Å²) < 4.78 is 2.21. The summed E-state index contributed by atoms with van der Waals surface area (Å²) in [6.45, 7) is 0.658. The molecule has 0 spiro atoms. The molecule has 1 aliphatic carbocycles. The fourth-order valence-electron chi connectivity index (χ4n) is 2.85. The molecule has 2 rings (SSSR count). The maximum absolute atomic E-state index is 12.0. The minimum Gasteiger partial charge on any atom is -0.396 e. The number of nitriles is 1. The van der Waals surface area contributed by atoms with E-state index < -0.39 is 11.2 Å². The van der Waals surface area contributed by atoms with Crippen molar-refractivity contribution in [2.75, 3.05) is 18.5 Å². The summed E-state index contributed by atoms with van der Waals surface area (Å²) in [6, 6.07) is 1.87. The van der Waals surface area contributed by atoms with Gasteiger partial charge in [-0.3, -0.25) is 13.9 Å². The molecule has 7 heteroatoms. The Kier molecular flexibility index (Phi) is 4.19. The summed E-state index contributed by atoms with van der Waals surface area (Å²) in [5, 5.41) is 21.4. The fraction of sp³-hybridized carbons (Fsp3) is 0.643. The van der Waals surface area contributed by atoms with Crippen LogP contribution in [0.15, 0.2) is 9.59 Å². The van der Waals surface area contributed by atoms with E-state index in [1.54, 1.807) is 0 Å². The number of anilines is 1. The first-order valence-corrected chi connectivity index (χ1v) is 7.00. The first-order chi connectivity index (χ1) is 9.95. The van der Waals surface area contributed by atoms with Crippen molar-refractivity contribution in [3.63, 3.8) is 0 Å². The van der Waals surface area contributed by atoms with Crippen LogP contribution in [-0.4, -0.2) is 27.4 Å². The Labute approximate surface area is 122 Å². The van der Waals surface area contributed by atoms with Gasteiger partial charge in [-0.25, -0.2) is 4.79 Å². The number of hydrogen-bond donors (Lipinski definition) is 2. The van der Waals surface area contributed by atoms with E-state index in [-0.39, 0.29) is 23.4 Å². The van der Waals surface area contributed by atoms with Crippen molar-refractivity contribution in [3.05, 3.63) is 26.4 Å². The molecule has 1 fully saturated rings. The highest BCUT2D eigenvalue weighted by atomic mass is 16.3. The molecule has 0 aliphatic heterocycles. The second-order valence-electron chi connectivity index (χ2n) is 5.72. The molecule has 7 nitrogen and oxygen atoms in total. The molecule has 0 amide bonds. The summed E-state index contributed by atoms with van der Waals surface area (Å²) in [6.07, 6.45) is 3.80. The van der Waals surface area contributed by atoms with Crippen molar-refractivity contribution < 1.29 is 5.11 Å². The van der Waals surface area contributed by atoms with Crippen LogP contribution in [-0.2, 0) is 14.1 Å². The van der Waals surface area contributed by atoms with Gasteiger partial charge in [0.2, 0.25) is 0 Å². The number of rotatable bonds is 5. The Balaban J connectivity index is 2.35. The van der Waals surface area contributed by atoms with Crippen LogP contribution in [0.4, 0.5) is 5.82 Å². The Morgan fingerprint density at radius 2 is 2.00 bits per heavy atom. The van der Waals surface area contributed by atoms with Crippen molar-refractivity contribution in [3.8, 4) is 6.07 Å². The van der Waals surface area contributed by atoms with E-state index in [1.807, 2.05) is 6.07 Å². The maximum Gasteiger partial charge on any atom is 0.332 e. The molecule has 2 N–H and O–H groups in total. The molecular formula is C14H20N4O3. The van der Waals surface area contributed by atoms with Gasteiger partial charge in [0, 0.05) is 27.2 Å². The van der Waals surface area contributed by atoms with Crippen LogP contribution in [0.2, 0.25) is 0 Å². The number of aliphatic hydroxyl groups excluding tert-OH is 1. The second kappa shape index (κ2) is 5.74. The van der Waals surface area contributed by atoms with Crippen LogP contribution in [0, 0.1) is 16.7 Å². The van der Waals surface area contributed by atoms with Crippen molar-refractivity contribution in [2.24, 2.45) is 19.5 Å². The maximum atomic E-state index is 12.0. The molecule has 0 radical (unpaired) electrons. The Bertz CT molecular complexity index is 692. The molecular weight excluding hydrogens is 272 g/mol. The van der Waals surface area contributed by atoms with Gasteiger partial charge in [-0.1, -0.05) is 6.42 Å². The van der Waals surface area contributed by atoms with Gasteiger partial charge < -0.3 is 10.4 Å². The zero-order chi connectivity index (χ0) is 15.6. The molecule has 0 unspecified atom stereocenters. The molecule has 0 bridgehead atoms. The molecule has 1 saturated carbocycles. The second-order valence-corrected chi connectivity index (χ2v) is 5.72. The van der Waals surface area contributed by atoms with Crippen LogP contribution in [0.1, 0.15) is 31.2 Å². The SMILES string of the molecule is Cn1c(NCC2(CCO)CCC2)c(C#N)c(=O)n(C)c1=O. The lowest BCUT2D eigenvalue weighted by atomic mass is 9.67. The van der Waals surface area contributed by atoms with Crippen LogP contribution in [0.25, 0.3) is 0 Å². The standard InChI is InChI=1S/C14H20N4O3/c1-17-11(10(8-15)12(20)18(2)13(17)21)16-9-14(6-7-19)4-3-5-14/h16,19H,3-7,9H2,1-2H3. The third-order valence-electron chi connectivity index (χ3n) is 4.46. The summed E-state index contributed by atoms with van der Waals surface area (Å²) in [5.41, 5.74) is -1.11. The summed E-state index contributed by atoms with van der Waals surface area (Å²) in [7, 11) is 2.89. The summed E-state index contributed by atoms with van der Waals surface area (Å²) in [5.74, 6) is 0.259. The average Bonchev–Trinajstić information content (AvgIpc) is 2.44. The average molecular weight is 292 g/mol. The molecule has 1 aromatic rings. The normalized spacial score (nSPS) is 16.1. The number of aliphatic hydroxyl groups is 1. The fourth-order valence-corrected chi connectivity index (χ4v) is 2.85. The number of nitrogens with one attached hydrogen (secondary N) is 1. The van der Waals surface area contributed by atoms with Gasteiger partial charge in [-0.15, -0.1) is 0 Å². The Morgan fingerprint density at radius 3 is 2.48 bits per heavy atom. The van der Waals surface area contributed by atoms with Gasteiger partial charge in [0.25, 0.3) is 5.56 Å². The highest BCUT2D eigenvalue weighted by Crippen LogP contribution is 2.43. The summed E-state index contributed by atoms with van der Waals surface area (Å²) >= 11 is 0. The molecule has 21 heavy (non-hydrogen) atoms. The zero-order valence-corrected chi connectivity index (χ0v) is 12.3. The third kappa shape index (κ3) is 2.59. The van der Waals surface area contributed by atoms with Gasteiger partial charge in [0.05, 0.1) is 0 Å². The van der Waals surface area contributed by atoms with E-state index in [2.05, 4.69) is 5.32 Å². The first-order valence-electron chi connectivity index (χ1n) is 7.00. The van der Waals surface area contributed by atoms with Gasteiger partial charge in [0.1, 0.15) is 11.9 Å². The number of nitrogens with zero attached hydrogens (tertiary/aromatic N) is 3. The highest BCUT2D eigenvalue weighted by molar-refractivity contribution is 5.51. The molecule has 0 aromatic carbocycles. The van der Waals surface area contributed by atoms with Crippen molar-refractivity contribution >= 4 is 5.82 Å². The largest absolute Gasteiger partial charge is 0.396 e. The van der Waals surface area contributed by atoms with E-state index in [0.717, 1.165) is 23.8 Å². The lowest BCUT2D eigenvalue weighted by molar-refractivity contribution is 0.101.